The highest BCUT2D eigenvalue weighted by molar-refractivity contribution is 6.30. The van der Waals surface area contributed by atoms with E-state index < -0.39 is 5.82 Å². The Hall–Kier alpha value is -0.930. The second kappa shape index (κ2) is 3.46. The minimum Gasteiger partial charge on any atom is -0.254 e. The Morgan fingerprint density at radius 1 is 1.55 bits per heavy atom. The molecular formula is C7H6ClFNO+. The molecule has 0 spiro atoms. The van der Waals surface area contributed by atoms with Crippen molar-refractivity contribution in [1.82, 2.24) is 0 Å². The molecule has 0 radical (unpaired) electrons. The highest BCUT2D eigenvalue weighted by Crippen LogP contribution is 2.15. The molecule has 0 atom stereocenters. The number of carbonyl (C=O) groups is 1. The van der Waals surface area contributed by atoms with Gasteiger partial charge in [-0.3, -0.25) is 5.32 Å². The fraction of sp³-hybridized carbons (Fsp3) is 0. The number of quaternary nitrogens is 1. The van der Waals surface area contributed by atoms with E-state index in [0.717, 1.165) is 0 Å². The van der Waals surface area contributed by atoms with Crippen LogP contribution >= 0.6 is 11.6 Å². The highest BCUT2D eigenvalue weighted by atomic mass is 35.5. The second-order valence-corrected chi connectivity index (χ2v) is 2.38. The summed E-state index contributed by atoms with van der Waals surface area (Å²) < 4.78 is 12.5. The van der Waals surface area contributed by atoms with E-state index in [-0.39, 0.29) is 5.02 Å². The first-order valence-corrected chi connectivity index (χ1v) is 3.35. The van der Waals surface area contributed by atoms with Gasteiger partial charge < -0.3 is 0 Å². The molecule has 0 aliphatic carbocycles. The van der Waals surface area contributed by atoms with Crippen LogP contribution in [0, 0.1) is 5.82 Å². The fourth-order valence-corrected chi connectivity index (χ4v) is 0.884. The Kier molecular flexibility index (Phi) is 2.57. The van der Waals surface area contributed by atoms with Crippen LogP contribution in [0.5, 0.6) is 0 Å². The van der Waals surface area contributed by atoms with Crippen molar-refractivity contribution in [1.29, 1.82) is 0 Å². The van der Waals surface area contributed by atoms with Gasteiger partial charge in [0, 0.05) is 12.1 Å². The number of hydrogen-bond acceptors (Lipinski definition) is 1. The first kappa shape index (κ1) is 8.17. The monoisotopic (exact) mass is 174 g/mol. The summed E-state index contributed by atoms with van der Waals surface area (Å²) in [6.07, 6.45) is 0.629. The first-order valence-electron chi connectivity index (χ1n) is 2.97. The summed E-state index contributed by atoms with van der Waals surface area (Å²) in [6, 6.07) is 4.10. The van der Waals surface area contributed by atoms with Crippen LogP contribution in [0.1, 0.15) is 0 Å². The lowest BCUT2D eigenvalue weighted by molar-refractivity contribution is -0.466. The van der Waals surface area contributed by atoms with Crippen LogP contribution in [0.3, 0.4) is 0 Å². The van der Waals surface area contributed by atoms with E-state index in [4.69, 9.17) is 11.6 Å². The van der Waals surface area contributed by atoms with E-state index in [1.165, 1.54) is 23.5 Å². The topological polar surface area (TPSA) is 33.7 Å². The summed E-state index contributed by atoms with van der Waals surface area (Å²) in [5.74, 6) is -0.477. The predicted molar refractivity (Wildman–Crippen MR) is 39.1 cm³/mol. The zero-order valence-electron chi connectivity index (χ0n) is 5.55. The molecule has 0 unspecified atom stereocenters. The Morgan fingerprint density at radius 3 is 2.82 bits per heavy atom. The molecule has 0 aliphatic heterocycles. The van der Waals surface area contributed by atoms with Crippen molar-refractivity contribution in [3.05, 3.63) is 29.0 Å². The van der Waals surface area contributed by atoms with E-state index >= 15 is 0 Å². The molecule has 1 rings (SSSR count). The Bertz CT molecular complexity index is 277. The van der Waals surface area contributed by atoms with E-state index in [1.54, 1.807) is 0 Å². The number of nitrogens with two attached hydrogens (primary N) is 1. The van der Waals surface area contributed by atoms with E-state index in [9.17, 15) is 9.18 Å². The second-order valence-electron chi connectivity index (χ2n) is 1.98. The summed E-state index contributed by atoms with van der Waals surface area (Å²) >= 11 is 5.44. The quantitative estimate of drug-likeness (QED) is 0.523. The van der Waals surface area contributed by atoms with Gasteiger partial charge in [-0.15, -0.1) is 0 Å². The highest BCUT2D eigenvalue weighted by Gasteiger charge is 2.01. The van der Waals surface area contributed by atoms with Gasteiger partial charge in [-0.2, -0.15) is 0 Å². The molecule has 0 saturated heterocycles. The molecule has 0 aliphatic rings. The predicted octanol–water partition coefficient (Wildman–Crippen LogP) is 0.830. The first-order chi connectivity index (χ1) is 5.24. The van der Waals surface area contributed by atoms with Crippen molar-refractivity contribution >= 4 is 23.7 Å². The molecule has 1 aromatic carbocycles. The van der Waals surface area contributed by atoms with Crippen LogP contribution in [-0.2, 0) is 4.79 Å². The van der Waals surface area contributed by atoms with Crippen molar-refractivity contribution < 1.29 is 14.5 Å². The maximum Gasteiger partial charge on any atom is 0.303 e. The van der Waals surface area contributed by atoms with Gasteiger partial charge in [0.2, 0.25) is 0 Å². The summed E-state index contributed by atoms with van der Waals surface area (Å²) in [5.41, 5.74) is 0.603. The zero-order chi connectivity index (χ0) is 8.27. The maximum atomic E-state index is 12.5. The normalized spacial score (nSPS) is 9.64. The SMILES string of the molecule is O=C[NH2+]c1ccc(F)c(Cl)c1. The van der Waals surface area contributed by atoms with Crippen molar-refractivity contribution in [2.45, 2.75) is 0 Å². The standard InChI is InChI=1S/C7H5ClFNO/c8-6-3-5(10-4-11)1-2-7(6)9/h1-4H,(H,10,11)/p+1. The summed E-state index contributed by atoms with van der Waals surface area (Å²) in [6.45, 7) is 0. The lowest BCUT2D eigenvalue weighted by Crippen LogP contribution is -2.76. The van der Waals surface area contributed by atoms with Gasteiger partial charge >= 0.3 is 6.41 Å². The number of amides is 1. The van der Waals surface area contributed by atoms with Crippen LogP contribution in [0.2, 0.25) is 5.02 Å². The summed E-state index contributed by atoms with van der Waals surface area (Å²) in [5, 5.41) is 1.34. The molecule has 0 heterocycles. The maximum absolute atomic E-state index is 12.5. The molecule has 2 N–H and O–H groups in total. The third kappa shape index (κ3) is 2.00. The Morgan fingerprint density at radius 2 is 2.27 bits per heavy atom. The minimum atomic E-state index is -0.477. The fourth-order valence-electron chi connectivity index (χ4n) is 0.695. The molecule has 11 heavy (non-hydrogen) atoms. The Labute approximate surface area is 68.0 Å². The molecule has 4 heteroatoms. The number of rotatable bonds is 2. The Balaban J connectivity index is 2.95. The molecular weight excluding hydrogens is 169 g/mol. The molecule has 0 bridgehead atoms. The van der Waals surface area contributed by atoms with Crippen LogP contribution in [-0.4, -0.2) is 6.41 Å². The average molecular weight is 175 g/mol. The molecule has 2 nitrogen and oxygen atoms in total. The van der Waals surface area contributed by atoms with E-state index in [1.807, 2.05) is 0 Å². The number of hydrogen-bond donors (Lipinski definition) is 1. The third-order valence-corrected chi connectivity index (χ3v) is 1.49. The van der Waals surface area contributed by atoms with Gasteiger partial charge in [-0.1, -0.05) is 11.6 Å². The minimum absolute atomic E-state index is 0.0283. The van der Waals surface area contributed by atoms with Gasteiger partial charge in [0.05, 0.1) is 5.02 Å². The van der Waals surface area contributed by atoms with E-state index in [0.29, 0.717) is 12.1 Å². The van der Waals surface area contributed by atoms with Crippen molar-refractivity contribution in [2.75, 3.05) is 0 Å². The zero-order valence-corrected chi connectivity index (χ0v) is 6.31. The van der Waals surface area contributed by atoms with Crippen LogP contribution in [0.4, 0.5) is 10.1 Å². The number of benzene rings is 1. The molecule has 0 fully saturated rings. The van der Waals surface area contributed by atoms with Crippen LogP contribution < -0.4 is 5.32 Å². The third-order valence-electron chi connectivity index (χ3n) is 1.20. The van der Waals surface area contributed by atoms with Gasteiger partial charge in [-0.25, -0.2) is 9.18 Å². The molecule has 1 aromatic rings. The molecule has 0 saturated carbocycles. The molecule has 1 amide bonds. The van der Waals surface area contributed by atoms with Crippen LogP contribution in [0.25, 0.3) is 0 Å². The van der Waals surface area contributed by atoms with Crippen LogP contribution in [0.15, 0.2) is 18.2 Å². The van der Waals surface area contributed by atoms with Gasteiger partial charge in [0.1, 0.15) is 11.5 Å². The number of carbonyl (C=O) groups excluding carboxylic acids is 1. The molecule has 58 valence electrons. The summed E-state index contributed by atoms with van der Waals surface area (Å²) in [7, 11) is 0. The number of halogens is 2. The lowest BCUT2D eigenvalue weighted by Gasteiger charge is -1.94. The average Bonchev–Trinajstić information content (AvgIpc) is 1.98. The van der Waals surface area contributed by atoms with E-state index in [2.05, 4.69) is 0 Å². The van der Waals surface area contributed by atoms with Crippen molar-refractivity contribution in [2.24, 2.45) is 0 Å². The lowest BCUT2D eigenvalue weighted by atomic mass is 10.3. The largest absolute Gasteiger partial charge is 0.303 e. The molecule has 0 aromatic heterocycles. The summed E-state index contributed by atoms with van der Waals surface area (Å²) in [4.78, 5) is 9.98. The van der Waals surface area contributed by atoms with Gasteiger partial charge in [0.15, 0.2) is 0 Å². The number of primary amides is 1. The van der Waals surface area contributed by atoms with Crippen molar-refractivity contribution in [3.8, 4) is 0 Å². The van der Waals surface area contributed by atoms with Crippen molar-refractivity contribution in [3.63, 3.8) is 0 Å². The van der Waals surface area contributed by atoms with Gasteiger partial charge in [-0.05, 0) is 6.07 Å². The van der Waals surface area contributed by atoms with Gasteiger partial charge in [0.25, 0.3) is 0 Å². The smallest absolute Gasteiger partial charge is 0.254 e.